The molecule has 0 spiro atoms. The predicted octanol–water partition coefficient (Wildman–Crippen LogP) is 3.91. The van der Waals surface area contributed by atoms with E-state index in [2.05, 4.69) is 20.5 Å². The van der Waals surface area contributed by atoms with Gasteiger partial charge in [0.05, 0.1) is 5.52 Å². The van der Waals surface area contributed by atoms with E-state index in [0.29, 0.717) is 5.69 Å². The molecule has 0 radical (unpaired) electrons. The van der Waals surface area contributed by atoms with E-state index in [-0.39, 0.29) is 5.91 Å². The van der Waals surface area contributed by atoms with Crippen LogP contribution in [-0.4, -0.2) is 25.7 Å². The normalized spacial score (nSPS) is 10.9. The van der Waals surface area contributed by atoms with E-state index >= 15 is 0 Å². The van der Waals surface area contributed by atoms with E-state index < -0.39 is 0 Å². The lowest BCUT2D eigenvalue weighted by atomic mass is 10.2. The van der Waals surface area contributed by atoms with Gasteiger partial charge in [-0.05, 0) is 29.8 Å². The van der Waals surface area contributed by atoms with Gasteiger partial charge in [0, 0.05) is 23.9 Å². The Bertz CT molecular complexity index is 1110. The molecular weight excluding hydrogens is 358 g/mol. The molecular formula is C20H17N5OS. The van der Waals surface area contributed by atoms with Crippen molar-refractivity contribution in [3.05, 3.63) is 78.2 Å². The number of nitrogens with one attached hydrogen (secondary N) is 1. The molecule has 2 aromatic carbocycles. The average molecular weight is 375 g/mol. The van der Waals surface area contributed by atoms with E-state index in [1.165, 1.54) is 0 Å². The minimum absolute atomic E-state index is 0.223. The third kappa shape index (κ3) is 3.98. The van der Waals surface area contributed by atoms with Gasteiger partial charge in [-0.25, -0.2) is 4.98 Å². The Hall–Kier alpha value is -3.19. The molecule has 0 aliphatic carbocycles. The van der Waals surface area contributed by atoms with Crippen LogP contribution in [0.15, 0.2) is 72.1 Å². The molecule has 27 heavy (non-hydrogen) atoms. The first kappa shape index (κ1) is 17.2. The molecule has 4 aromatic rings. The molecule has 134 valence electrons. The molecule has 6 nitrogen and oxygen atoms in total. The van der Waals surface area contributed by atoms with Gasteiger partial charge in [-0.1, -0.05) is 48.2 Å². The Balaban J connectivity index is 1.46. The lowest BCUT2D eigenvalue weighted by molar-refractivity contribution is 0.102. The van der Waals surface area contributed by atoms with Gasteiger partial charge in [-0.15, -0.1) is 10.2 Å². The highest BCUT2D eigenvalue weighted by atomic mass is 32.2. The summed E-state index contributed by atoms with van der Waals surface area (Å²) in [6.45, 7) is 0. The molecule has 1 amide bonds. The highest BCUT2D eigenvalue weighted by Gasteiger charge is 2.09. The summed E-state index contributed by atoms with van der Waals surface area (Å²) >= 11 is 1.60. The Labute approximate surface area is 160 Å². The minimum atomic E-state index is -0.223. The van der Waals surface area contributed by atoms with E-state index in [0.717, 1.165) is 33.1 Å². The zero-order chi connectivity index (χ0) is 18.6. The molecule has 2 heterocycles. The summed E-state index contributed by atoms with van der Waals surface area (Å²) in [5.74, 6) is 0.517. The summed E-state index contributed by atoms with van der Waals surface area (Å²) in [6, 6.07) is 19.2. The zero-order valence-corrected chi connectivity index (χ0v) is 15.5. The van der Waals surface area contributed by atoms with Gasteiger partial charge >= 0.3 is 0 Å². The number of thioether (sulfide) groups is 1. The fraction of sp³-hybridized carbons (Fsp3) is 0.100. The topological polar surface area (TPSA) is 72.7 Å². The standard InChI is InChI=1S/C20H17N5OS/c1-25-13-21-24-20(25)27-12-14-5-4-7-16(11-14)22-19(26)18-10-9-15-6-2-3-8-17(15)23-18/h2-11,13H,12H2,1H3,(H,22,26). The first-order chi connectivity index (χ1) is 13.2. The number of carbonyl (C=O) groups is 1. The zero-order valence-electron chi connectivity index (χ0n) is 14.7. The Morgan fingerprint density at radius 2 is 2.00 bits per heavy atom. The van der Waals surface area contributed by atoms with Crippen molar-refractivity contribution in [3.8, 4) is 0 Å². The van der Waals surface area contributed by atoms with Crippen LogP contribution in [0.3, 0.4) is 0 Å². The average Bonchev–Trinajstić information content (AvgIpc) is 3.11. The van der Waals surface area contributed by atoms with Crippen LogP contribution < -0.4 is 5.32 Å². The Morgan fingerprint density at radius 1 is 1.11 bits per heavy atom. The molecule has 0 aliphatic heterocycles. The van der Waals surface area contributed by atoms with Crippen molar-refractivity contribution in [1.29, 1.82) is 0 Å². The SMILES string of the molecule is Cn1cnnc1SCc1cccc(NC(=O)c2ccc3ccccc3n2)c1. The maximum atomic E-state index is 12.6. The van der Waals surface area contributed by atoms with Gasteiger partial charge in [-0.3, -0.25) is 4.79 Å². The molecule has 7 heteroatoms. The van der Waals surface area contributed by atoms with Gasteiger partial charge in [-0.2, -0.15) is 0 Å². The van der Waals surface area contributed by atoms with Crippen LogP contribution in [0, 0.1) is 0 Å². The molecule has 4 rings (SSSR count). The van der Waals surface area contributed by atoms with Crippen molar-refractivity contribution in [3.63, 3.8) is 0 Å². The van der Waals surface area contributed by atoms with Crippen LogP contribution in [0.4, 0.5) is 5.69 Å². The molecule has 0 atom stereocenters. The number of nitrogens with zero attached hydrogens (tertiary/aromatic N) is 4. The van der Waals surface area contributed by atoms with E-state index in [4.69, 9.17) is 0 Å². The summed E-state index contributed by atoms with van der Waals surface area (Å²) in [5, 5.41) is 12.7. The number of aromatic nitrogens is 4. The first-order valence-corrected chi connectivity index (χ1v) is 9.40. The number of fused-ring (bicyclic) bond motifs is 1. The number of hydrogen-bond donors (Lipinski definition) is 1. The number of aryl methyl sites for hydroxylation is 1. The number of carbonyl (C=O) groups excluding carboxylic acids is 1. The highest BCUT2D eigenvalue weighted by Crippen LogP contribution is 2.22. The lowest BCUT2D eigenvalue weighted by Crippen LogP contribution is -2.13. The van der Waals surface area contributed by atoms with Crippen LogP contribution in [0.2, 0.25) is 0 Å². The van der Waals surface area contributed by atoms with Gasteiger partial charge in [0.15, 0.2) is 5.16 Å². The summed E-state index contributed by atoms with van der Waals surface area (Å²) in [4.78, 5) is 17.0. The molecule has 0 saturated carbocycles. The number of benzene rings is 2. The maximum absolute atomic E-state index is 12.6. The van der Waals surface area contributed by atoms with Crippen LogP contribution in [0.5, 0.6) is 0 Å². The molecule has 0 unspecified atom stereocenters. The van der Waals surface area contributed by atoms with Crippen molar-refractivity contribution in [1.82, 2.24) is 19.7 Å². The minimum Gasteiger partial charge on any atom is -0.321 e. The maximum Gasteiger partial charge on any atom is 0.274 e. The van der Waals surface area contributed by atoms with Crippen molar-refractivity contribution in [2.75, 3.05) is 5.32 Å². The van der Waals surface area contributed by atoms with Crippen LogP contribution >= 0.6 is 11.8 Å². The second kappa shape index (κ2) is 7.59. The molecule has 2 aromatic heterocycles. The van der Waals surface area contributed by atoms with Crippen molar-refractivity contribution in [2.24, 2.45) is 7.05 Å². The van der Waals surface area contributed by atoms with Gasteiger partial charge in [0.25, 0.3) is 5.91 Å². The Kier molecular flexibility index (Phi) is 4.84. The van der Waals surface area contributed by atoms with Gasteiger partial charge < -0.3 is 9.88 Å². The Morgan fingerprint density at radius 3 is 2.85 bits per heavy atom. The first-order valence-electron chi connectivity index (χ1n) is 8.42. The summed E-state index contributed by atoms with van der Waals surface area (Å²) in [7, 11) is 1.91. The predicted molar refractivity (Wildman–Crippen MR) is 107 cm³/mol. The van der Waals surface area contributed by atoms with Crippen molar-refractivity contribution >= 4 is 34.3 Å². The number of hydrogen-bond acceptors (Lipinski definition) is 5. The molecule has 1 N–H and O–H groups in total. The fourth-order valence-electron chi connectivity index (χ4n) is 2.68. The quantitative estimate of drug-likeness (QED) is 0.536. The molecule has 0 saturated heterocycles. The van der Waals surface area contributed by atoms with Crippen molar-refractivity contribution < 1.29 is 4.79 Å². The summed E-state index contributed by atoms with van der Waals surface area (Å²) in [5.41, 5.74) is 3.03. The second-order valence-corrected chi connectivity index (χ2v) is 7.00. The van der Waals surface area contributed by atoms with Crippen molar-refractivity contribution in [2.45, 2.75) is 10.9 Å². The molecule has 0 bridgehead atoms. The monoisotopic (exact) mass is 375 g/mol. The van der Waals surface area contributed by atoms with Gasteiger partial charge in [0.1, 0.15) is 12.0 Å². The van der Waals surface area contributed by atoms with E-state index in [9.17, 15) is 4.79 Å². The second-order valence-electron chi connectivity index (χ2n) is 6.06. The lowest BCUT2D eigenvalue weighted by Gasteiger charge is -2.08. The summed E-state index contributed by atoms with van der Waals surface area (Å²) < 4.78 is 1.88. The van der Waals surface area contributed by atoms with E-state index in [1.54, 1.807) is 24.2 Å². The number of rotatable bonds is 5. The van der Waals surface area contributed by atoms with Crippen LogP contribution in [0.1, 0.15) is 16.1 Å². The highest BCUT2D eigenvalue weighted by molar-refractivity contribution is 7.98. The third-order valence-corrected chi connectivity index (χ3v) is 5.16. The van der Waals surface area contributed by atoms with Crippen LogP contribution in [-0.2, 0) is 12.8 Å². The van der Waals surface area contributed by atoms with E-state index in [1.807, 2.05) is 66.2 Å². The smallest absolute Gasteiger partial charge is 0.274 e. The third-order valence-electron chi connectivity index (χ3n) is 4.05. The summed E-state index contributed by atoms with van der Waals surface area (Å²) in [6.07, 6.45) is 1.68. The number of anilines is 1. The molecule has 0 fully saturated rings. The van der Waals surface area contributed by atoms with Crippen LogP contribution in [0.25, 0.3) is 10.9 Å². The number of amides is 1. The number of pyridine rings is 1. The number of para-hydroxylation sites is 1. The van der Waals surface area contributed by atoms with Gasteiger partial charge in [0.2, 0.25) is 0 Å². The molecule has 0 aliphatic rings. The largest absolute Gasteiger partial charge is 0.321 e. The fourth-order valence-corrected chi connectivity index (χ4v) is 3.51.